The molecule has 0 spiro atoms. The molecule has 4 atom stereocenters. The lowest BCUT2D eigenvalue weighted by molar-refractivity contribution is -0.139. The van der Waals surface area contributed by atoms with Gasteiger partial charge in [-0.2, -0.15) is 0 Å². The molecule has 0 aliphatic heterocycles. The van der Waals surface area contributed by atoms with Gasteiger partial charge in [0.2, 0.25) is 0 Å². The van der Waals surface area contributed by atoms with Gasteiger partial charge in [-0.15, -0.1) is 0 Å². The van der Waals surface area contributed by atoms with Gasteiger partial charge in [0, 0.05) is 17.1 Å². The summed E-state index contributed by atoms with van der Waals surface area (Å²) in [4.78, 5) is 41.1. The first-order chi connectivity index (χ1) is 18.4. The summed E-state index contributed by atoms with van der Waals surface area (Å²) in [5.41, 5.74) is 4.26. The highest BCUT2D eigenvalue weighted by Crippen LogP contribution is 2.56. The van der Waals surface area contributed by atoms with E-state index < -0.39 is 63.7 Å². The number of rotatable bonds is 2. The number of halogens is 1. The molecule has 0 saturated heterocycles. The van der Waals surface area contributed by atoms with Gasteiger partial charge in [-0.1, -0.05) is 24.0 Å². The van der Waals surface area contributed by atoms with Gasteiger partial charge in [0.05, 0.1) is 22.6 Å². The van der Waals surface area contributed by atoms with Crippen LogP contribution in [0.1, 0.15) is 35.6 Å². The highest BCUT2D eigenvalue weighted by atomic mass is 19.1. The van der Waals surface area contributed by atoms with Crippen molar-refractivity contribution in [1.82, 2.24) is 4.90 Å². The molecule has 0 heterocycles. The molecule has 9 heteroatoms. The summed E-state index contributed by atoms with van der Waals surface area (Å²) in [5.74, 6) is 0.0476. The Morgan fingerprint density at radius 1 is 1.08 bits per heavy atom. The number of allylic oxidation sites excluding steroid dienone is 2. The van der Waals surface area contributed by atoms with E-state index in [0.717, 1.165) is 0 Å². The number of aromatic hydroxyl groups is 1. The lowest BCUT2D eigenvalue weighted by Gasteiger charge is -2.51. The molecule has 2 aromatic rings. The van der Waals surface area contributed by atoms with Gasteiger partial charge < -0.3 is 21.1 Å². The van der Waals surface area contributed by atoms with E-state index in [1.54, 1.807) is 37.2 Å². The van der Waals surface area contributed by atoms with Crippen LogP contribution >= 0.6 is 0 Å². The molecule has 1 saturated carbocycles. The van der Waals surface area contributed by atoms with Gasteiger partial charge in [0.15, 0.2) is 11.6 Å². The molecule has 2 aromatic carbocycles. The minimum absolute atomic E-state index is 0.00186. The SMILES string of the molecule is CN(C)[C@@H]1C(=O)C(C(N)=O)=C(O)[C@@]2(C)C(=O)C3=C(O)c4c(O)ccc(C#Cc5ccccc5F)c4C[C@H]3C[C@@H]12. The Labute approximate surface area is 224 Å². The van der Waals surface area contributed by atoms with E-state index in [1.807, 2.05) is 0 Å². The van der Waals surface area contributed by atoms with Crippen molar-refractivity contribution in [2.24, 2.45) is 23.0 Å². The first kappa shape index (κ1) is 26.2. The van der Waals surface area contributed by atoms with Gasteiger partial charge in [-0.05, 0) is 69.6 Å². The van der Waals surface area contributed by atoms with Crippen molar-refractivity contribution in [2.45, 2.75) is 25.8 Å². The zero-order valence-corrected chi connectivity index (χ0v) is 21.6. The average molecular weight is 531 g/mol. The fourth-order valence-corrected chi connectivity index (χ4v) is 6.35. The third-order valence-electron chi connectivity index (χ3n) is 8.27. The highest BCUT2D eigenvalue weighted by molar-refractivity contribution is 6.24. The number of likely N-dealkylation sites (N-methyl/N-ethyl adjacent to an activating group) is 1. The summed E-state index contributed by atoms with van der Waals surface area (Å²) >= 11 is 0. The van der Waals surface area contributed by atoms with Crippen molar-refractivity contribution in [2.75, 3.05) is 14.1 Å². The first-order valence-corrected chi connectivity index (χ1v) is 12.4. The molecule has 39 heavy (non-hydrogen) atoms. The number of primary amides is 1. The molecule has 0 unspecified atom stereocenters. The third kappa shape index (κ3) is 3.74. The minimum atomic E-state index is -1.71. The summed E-state index contributed by atoms with van der Waals surface area (Å²) in [5, 5.41) is 33.2. The molecule has 5 N–H and O–H groups in total. The van der Waals surface area contributed by atoms with E-state index in [9.17, 15) is 34.1 Å². The van der Waals surface area contributed by atoms with E-state index in [4.69, 9.17) is 5.73 Å². The second-order valence-electron chi connectivity index (χ2n) is 10.6. The van der Waals surface area contributed by atoms with Crippen molar-refractivity contribution >= 4 is 23.2 Å². The van der Waals surface area contributed by atoms with Crippen LogP contribution in [0, 0.1) is 34.9 Å². The third-order valence-corrected chi connectivity index (χ3v) is 8.27. The van der Waals surface area contributed by atoms with Crippen LogP contribution in [0.3, 0.4) is 0 Å². The molecule has 0 radical (unpaired) electrons. The molecule has 3 aliphatic carbocycles. The molecule has 200 valence electrons. The second-order valence-corrected chi connectivity index (χ2v) is 10.6. The number of fused-ring (bicyclic) bond motifs is 3. The van der Waals surface area contributed by atoms with E-state index in [2.05, 4.69) is 11.8 Å². The van der Waals surface area contributed by atoms with Crippen molar-refractivity contribution in [1.29, 1.82) is 0 Å². The smallest absolute Gasteiger partial charge is 0.255 e. The van der Waals surface area contributed by atoms with Crippen LogP contribution in [0.15, 0.2) is 53.3 Å². The monoisotopic (exact) mass is 530 g/mol. The summed E-state index contributed by atoms with van der Waals surface area (Å²) in [7, 11) is 3.28. The molecule has 0 bridgehead atoms. The molecule has 5 rings (SSSR count). The molecular weight excluding hydrogens is 503 g/mol. The lowest BCUT2D eigenvalue weighted by atomic mass is 9.53. The van der Waals surface area contributed by atoms with Crippen molar-refractivity contribution in [3.8, 4) is 17.6 Å². The number of amides is 1. The zero-order chi connectivity index (χ0) is 28.4. The van der Waals surface area contributed by atoms with Crippen molar-refractivity contribution in [3.63, 3.8) is 0 Å². The Kier molecular flexibility index (Phi) is 6.11. The van der Waals surface area contributed by atoms with Gasteiger partial charge >= 0.3 is 0 Å². The summed E-state index contributed by atoms with van der Waals surface area (Å²) in [6.07, 6.45) is 0.409. The number of hydrogen-bond donors (Lipinski definition) is 4. The maximum atomic E-state index is 14.1. The number of phenols is 1. The Morgan fingerprint density at radius 3 is 2.38 bits per heavy atom. The van der Waals surface area contributed by atoms with Gasteiger partial charge in [0.25, 0.3) is 5.91 Å². The van der Waals surface area contributed by atoms with E-state index in [-0.39, 0.29) is 35.3 Å². The standard InChI is InChI=1S/C30H27FN2O6/c1-30-18(24(33(2)3)26(36)23(28(30)38)29(32)39)13-16-12-17-14(8-9-15-6-4-5-7-19(15)31)10-11-20(34)22(17)25(35)21(16)27(30)37/h4-7,10-11,16,18,24,34-35,38H,12-13H2,1-3H3,(H2,32,39)/t16-,18-,24-,30+/m0/s1. The van der Waals surface area contributed by atoms with Gasteiger partial charge in [-0.3, -0.25) is 19.3 Å². The largest absolute Gasteiger partial charge is 0.510 e. The summed E-state index contributed by atoms with van der Waals surface area (Å²) in [6, 6.07) is 8.02. The Balaban J connectivity index is 1.69. The molecule has 3 aliphatic rings. The molecule has 0 aromatic heterocycles. The Bertz CT molecular complexity index is 1590. The van der Waals surface area contributed by atoms with E-state index in [0.29, 0.717) is 11.1 Å². The van der Waals surface area contributed by atoms with Crippen LogP contribution < -0.4 is 5.73 Å². The molecule has 1 fully saturated rings. The predicted molar refractivity (Wildman–Crippen MR) is 140 cm³/mol. The highest BCUT2D eigenvalue weighted by Gasteiger charge is 2.62. The second kappa shape index (κ2) is 9.10. The number of phenolic OH excluding ortho intramolecular Hbond substituents is 1. The van der Waals surface area contributed by atoms with Crippen molar-refractivity contribution in [3.05, 3.63) is 81.4 Å². The number of nitrogens with two attached hydrogens (primary N) is 1. The first-order valence-electron chi connectivity index (χ1n) is 12.4. The average Bonchev–Trinajstić information content (AvgIpc) is 2.86. The zero-order valence-electron chi connectivity index (χ0n) is 21.6. The molecule has 1 amide bonds. The Hall–Kier alpha value is -4.42. The quantitative estimate of drug-likeness (QED) is 0.346. The number of carbonyl (C=O) groups excluding carboxylic acids is 3. The van der Waals surface area contributed by atoms with Crippen LogP contribution in [-0.2, 0) is 20.8 Å². The van der Waals surface area contributed by atoms with E-state index in [1.165, 1.54) is 25.1 Å². The maximum absolute atomic E-state index is 14.1. The summed E-state index contributed by atoms with van der Waals surface area (Å²) < 4.78 is 14.1. The lowest BCUT2D eigenvalue weighted by Crippen LogP contribution is -2.60. The predicted octanol–water partition coefficient (Wildman–Crippen LogP) is 2.78. The number of ketones is 2. The van der Waals surface area contributed by atoms with Crippen LogP contribution in [0.2, 0.25) is 0 Å². The number of aliphatic hydroxyl groups is 2. The fraction of sp³-hybridized carbons (Fsp3) is 0.300. The number of nitrogens with zero attached hydrogens (tertiary/aromatic N) is 1. The molecule has 8 nitrogen and oxygen atoms in total. The fourth-order valence-electron chi connectivity index (χ4n) is 6.35. The Morgan fingerprint density at radius 2 is 1.74 bits per heavy atom. The van der Waals surface area contributed by atoms with Crippen molar-refractivity contribution < 1.29 is 34.1 Å². The normalized spacial score (nSPS) is 26.0. The topological polar surface area (TPSA) is 141 Å². The number of carbonyl (C=O) groups is 3. The van der Waals surface area contributed by atoms with E-state index >= 15 is 0 Å². The summed E-state index contributed by atoms with van der Waals surface area (Å²) in [6.45, 7) is 1.45. The van der Waals surface area contributed by atoms with Crippen LogP contribution in [0.4, 0.5) is 4.39 Å². The number of hydrogen-bond acceptors (Lipinski definition) is 7. The number of aliphatic hydroxyl groups excluding tert-OH is 2. The van der Waals surface area contributed by atoms with Crippen LogP contribution in [0.25, 0.3) is 5.76 Å². The minimum Gasteiger partial charge on any atom is -0.510 e. The van der Waals surface area contributed by atoms with Gasteiger partial charge in [0.1, 0.15) is 28.7 Å². The maximum Gasteiger partial charge on any atom is 0.255 e. The van der Waals surface area contributed by atoms with Crippen LogP contribution in [0.5, 0.6) is 5.75 Å². The molecular formula is C30H27FN2O6. The van der Waals surface area contributed by atoms with Gasteiger partial charge in [-0.25, -0.2) is 4.39 Å². The number of benzene rings is 2. The number of Topliss-reactive ketones (excluding diaryl/α,β-unsaturated/α-hetero) is 2. The van der Waals surface area contributed by atoms with Crippen LogP contribution in [-0.4, -0.2) is 57.8 Å².